The molecule has 2 aromatic rings. The van der Waals surface area contributed by atoms with Crippen LogP contribution < -0.4 is 14.8 Å². The number of carbonyl (C=O) groups excluding carboxylic acids is 1. The minimum absolute atomic E-state index is 0.0182. The third kappa shape index (κ3) is 3.29. The van der Waals surface area contributed by atoms with Gasteiger partial charge in [0, 0.05) is 6.04 Å². The lowest BCUT2D eigenvalue weighted by molar-refractivity contribution is 0.0219. The van der Waals surface area contributed by atoms with E-state index in [1.165, 1.54) is 0 Å². The Hall–Kier alpha value is -2.53. The summed E-state index contributed by atoms with van der Waals surface area (Å²) in [5.74, 6) is 0.821. The van der Waals surface area contributed by atoms with Crippen LogP contribution in [-0.2, 0) is 4.74 Å². The molecule has 0 aromatic heterocycles. The second kappa shape index (κ2) is 6.71. The first-order valence-corrected chi connectivity index (χ1v) is 7.52. The molecule has 120 valence electrons. The minimum atomic E-state index is -0.390. The highest BCUT2D eigenvalue weighted by molar-refractivity contribution is 5.90. The van der Waals surface area contributed by atoms with Crippen LogP contribution in [0.4, 0.5) is 0 Å². The lowest BCUT2D eigenvalue weighted by atomic mass is 10.0. The Labute approximate surface area is 135 Å². The van der Waals surface area contributed by atoms with Crippen LogP contribution >= 0.6 is 0 Å². The summed E-state index contributed by atoms with van der Waals surface area (Å²) in [5, 5.41) is 3.14. The van der Waals surface area contributed by atoms with E-state index in [0.29, 0.717) is 17.1 Å². The number of hydrogen-bond acceptors (Lipinski definition) is 5. The van der Waals surface area contributed by atoms with Gasteiger partial charge in [0.15, 0.2) is 11.5 Å². The second-order valence-electron chi connectivity index (χ2n) is 5.38. The van der Waals surface area contributed by atoms with Crippen molar-refractivity contribution in [3.63, 3.8) is 0 Å². The van der Waals surface area contributed by atoms with Gasteiger partial charge in [-0.1, -0.05) is 30.3 Å². The predicted octanol–water partition coefficient (Wildman–Crippen LogP) is 2.92. The molecular formula is C18H19NO4. The van der Waals surface area contributed by atoms with Gasteiger partial charge in [0.05, 0.1) is 5.56 Å². The van der Waals surface area contributed by atoms with E-state index < -0.39 is 0 Å². The number of rotatable bonds is 5. The molecule has 1 heterocycles. The molecule has 23 heavy (non-hydrogen) atoms. The zero-order valence-electron chi connectivity index (χ0n) is 13.1. The molecule has 0 amide bonds. The number of likely N-dealkylation sites (N-methyl/N-ethyl adjacent to an activating group) is 1. The summed E-state index contributed by atoms with van der Waals surface area (Å²) in [6.45, 7) is 2.15. The lowest BCUT2D eigenvalue weighted by Crippen LogP contribution is -2.32. The standard InChI is InChI=1S/C18H19NO4/c1-12(19-2)17(13-6-4-3-5-7-13)23-18(20)14-8-9-15-16(10-14)22-11-21-15/h3-10,12,17,19H,11H2,1-2H3/t12-,17+/m1/s1. The second-order valence-corrected chi connectivity index (χ2v) is 5.38. The van der Waals surface area contributed by atoms with Gasteiger partial charge in [0.2, 0.25) is 6.79 Å². The molecule has 0 bridgehead atoms. The molecule has 0 saturated carbocycles. The van der Waals surface area contributed by atoms with E-state index in [0.717, 1.165) is 5.56 Å². The van der Waals surface area contributed by atoms with E-state index >= 15 is 0 Å². The first-order chi connectivity index (χ1) is 11.2. The highest BCUT2D eigenvalue weighted by Gasteiger charge is 2.24. The van der Waals surface area contributed by atoms with Crippen molar-refractivity contribution in [2.24, 2.45) is 0 Å². The van der Waals surface area contributed by atoms with Gasteiger partial charge in [0.25, 0.3) is 0 Å². The third-order valence-electron chi connectivity index (χ3n) is 3.88. The topological polar surface area (TPSA) is 56.8 Å². The summed E-state index contributed by atoms with van der Waals surface area (Å²) in [6, 6.07) is 14.7. The average molecular weight is 313 g/mol. The van der Waals surface area contributed by atoms with Crippen molar-refractivity contribution in [3.8, 4) is 11.5 Å². The Kier molecular flexibility index (Phi) is 4.48. The van der Waals surface area contributed by atoms with Crippen molar-refractivity contribution < 1.29 is 19.0 Å². The lowest BCUT2D eigenvalue weighted by Gasteiger charge is -2.24. The molecule has 0 aliphatic carbocycles. The maximum Gasteiger partial charge on any atom is 0.338 e. The number of esters is 1. The first-order valence-electron chi connectivity index (χ1n) is 7.52. The van der Waals surface area contributed by atoms with Crippen molar-refractivity contribution in [1.29, 1.82) is 0 Å². The summed E-state index contributed by atoms with van der Waals surface area (Å²) in [5.41, 5.74) is 1.39. The SMILES string of the molecule is CN[C@H](C)[C@H](OC(=O)c1ccc2c(c1)OCO2)c1ccccc1. The molecule has 1 aliphatic rings. The molecular weight excluding hydrogens is 294 g/mol. The van der Waals surface area contributed by atoms with Gasteiger partial charge in [-0.25, -0.2) is 4.79 Å². The molecule has 0 spiro atoms. The summed E-state index contributed by atoms with van der Waals surface area (Å²) in [7, 11) is 1.84. The Balaban J connectivity index is 1.81. The zero-order valence-corrected chi connectivity index (χ0v) is 13.1. The third-order valence-corrected chi connectivity index (χ3v) is 3.88. The smallest absolute Gasteiger partial charge is 0.338 e. The summed E-state index contributed by atoms with van der Waals surface area (Å²) < 4.78 is 16.3. The monoisotopic (exact) mass is 313 g/mol. The van der Waals surface area contributed by atoms with Crippen LogP contribution in [0.3, 0.4) is 0 Å². The Morgan fingerprint density at radius 3 is 2.61 bits per heavy atom. The highest BCUT2D eigenvalue weighted by Crippen LogP contribution is 2.33. The molecule has 5 heteroatoms. The van der Waals surface area contributed by atoms with Crippen LogP contribution in [-0.4, -0.2) is 25.9 Å². The number of nitrogens with one attached hydrogen (secondary N) is 1. The van der Waals surface area contributed by atoms with E-state index in [2.05, 4.69) is 5.32 Å². The largest absolute Gasteiger partial charge is 0.454 e. The fourth-order valence-electron chi connectivity index (χ4n) is 2.46. The number of hydrogen-bond donors (Lipinski definition) is 1. The molecule has 0 unspecified atom stereocenters. The van der Waals surface area contributed by atoms with Crippen molar-refractivity contribution in [2.45, 2.75) is 19.1 Å². The fraction of sp³-hybridized carbons (Fsp3) is 0.278. The van der Waals surface area contributed by atoms with Gasteiger partial charge < -0.3 is 19.5 Å². The van der Waals surface area contributed by atoms with Crippen LogP contribution in [0, 0.1) is 0 Å². The quantitative estimate of drug-likeness (QED) is 0.860. The first kappa shape index (κ1) is 15.4. The normalized spacial score (nSPS) is 15.0. The maximum atomic E-state index is 12.5. The minimum Gasteiger partial charge on any atom is -0.454 e. The number of carbonyl (C=O) groups is 1. The van der Waals surface area contributed by atoms with Crippen LogP contribution in [0.2, 0.25) is 0 Å². The van der Waals surface area contributed by atoms with Gasteiger partial charge in [-0.15, -0.1) is 0 Å². The van der Waals surface area contributed by atoms with E-state index in [1.807, 2.05) is 44.3 Å². The summed E-state index contributed by atoms with van der Waals surface area (Å²) in [6.07, 6.45) is -0.376. The van der Waals surface area contributed by atoms with Crippen molar-refractivity contribution in [1.82, 2.24) is 5.32 Å². The van der Waals surface area contributed by atoms with Crippen molar-refractivity contribution >= 4 is 5.97 Å². The molecule has 2 aromatic carbocycles. The molecule has 5 nitrogen and oxygen atoms in total. The van der Waals surface area contributed by atoms with Crippen LogP contribution in [0.1, 0.15) is 28.9 Å². The van der Waals surface area contributed by atoms with Crippen molar-refractivity contribution in [2.75, 3.05) is 13.8 Å². The molecule has 0 radical (unpaired) electrons. The van der Waals surface area contributed by atoms with E-state index in [4.69, 9.17) is 14.2 Å². The van der Waals surface area contributed by atoms with E-state index in [-0.39, 0.29) is 24.9 Å². The fourth-order valence-corrected chi connectivity index (χ4v) is 2.46. The summed E-state index contributed by atoms with van der Waals surface area (Å²) in [4.78, 5) is 12.5. The Bertz CT molecular complexity index is 687. The molecule has 1 N–H and O–H groups in total. The summed E-state index contributed by atoms with van der Waals surface area (Å²) >= 11 is 0. The predicted molar refractivity (Wildman–Crippen MR) is 85.7 cm³/mol. The molecule has 0 fully saturated rings. The van der Waals surface area contributed by atoms with Gasteiger partial charge in [-0.2, -0.15) is 0 Å². The molecule has 0 saturated heterocycles. The van der Waals surface area contributed by atoms with Crippen LogP contribution in [0.15, 0.2) is 48.5 Å². The van der Waals surface area contributed by atoms with Gasteiger partial charge >= 0.3 is 5.97 Å². The van der Waals surface area contributed by atoms with Crippen LogP contribution in [0.5, 0.6) is 11.5 Å². The van der Waals surface area contributed by atoms with Gasteiger partial charge in [-0.3, -0.25) is 0 Å². The maximum absolute atomic E-state index is 12.5. The average Bonchev–Trinajstić information content (AvgIpc) is 3.07. The highest BCUT2D eigenvalue weighted by atomic mass is 16.7. The Morgan fingerprint density at radius 1 is 1.13 bits per heavy atom. The Morgan fingerprint density at radius 2 is 1.87 bits per heavy atom. The zero-order chi connectivity index (χ0) is 16.2. The molecule has 1 aliphatic heterocycles. The van der Waals surface area contributed by atoms with E-state index in [9.17, 15) is 4.79 Å². The number of benzene rings is 2. The van der Waals surface area contributed by atoms with Gasteiger partial charge in [0.1, 0.15) is 6.10 Å². The molecule has 3 rings (SSSR count). The molecule has 2 atom stereocenters. The van der Waals surface area contributed by atoms with E-state index in [1.54, 1.807) is 18.2 Å². The van der Waals surface area contributed by atoms with Gasteiger partial charge in [-0.05, 0) is 37.7 Å². The number of ether oxygens (including phenoxy) is 3. The number of fused-ring (bicyclic) bond motifs is 1. The van der Waals surface area contributed by atoms with Crippen LogP contribution in [0.25, 0.3) is 0 Å². The van der Waals surface area contributed by atoms with Crippen molar-refractivity contribution in [3.05, 3.63) is 59.7 Å².